The number of hydrogen-bond donors (Lipinski definition) is 6. The molecule has 0 bridgehead atoms. The second-order valence-corrected chi connectivity index (χ2v) is 11.8. The number of fused-ring (bicyclic) bond motifs is 2. The first-order chi connectivity index (χ1) is 20.0. The van der Waals surface area contributed by atoms with E-state index in [0.717, 1.165) is 21.9 Å². The summed E-state index contributed by atoms with van der Waals surface area (Å²) in [7, 11) is 0. The van der Waals surface area contributed by atoms with E-state index in [2.05, 4.69) is 47.5 Å². The summed E-state index contributed by atoms with van der Waals surface area (Å²) in [6, 6.07) is 0. The van der Waals surface area contributed by atoms with Crippen LogP contribution in [0.15, 0.2) is 28.1 Å². The number of anilines is 1. The van der Waals surface area contributed by atoms with Crippen LogP contribution in [0.25, 0.3) is 28.2 Å². The average molecular weight is 632 g/mol. The summed E-state index contributed by atoms with van der Waals surface area (Å²) in [6.07, 6.45) is -8.13. The lowest BCUT2D eigenvalue weighted by atomic mass is 10.1. The smallest absolute Gasteiger partial charge is 0.386 e. The molecule has 1 fully saturated rings. The van der Waals surface area contributed by atoms with Crippen LogP contribution in [0.1, 0.15) is 6.23 Å². The van der Waals surface area contributed by atoms with Crippen LogP contribution >= 0.6 is 19.0 Å². The van der Waals surface area contributed by atoms with E-state index in [9.17, 15) is 28.8 Å². The van der Waals surface area contributed by atoms with Gasteiger partial charge in [-0.25, -0.2) is 23.3 Å². The molecule has 0 aliphatic carbocycles. The lowest BCUT2D eigenvalue weighted by molar-refractivity contribution is -0.0476. The molecular weight excluding hydrogens is 613 g/mol. The molecule has 42 heavy (non-hydrogen) atoms. The van der Waals surface area contributed by atoms with Crippen molar-refractivity contribution < 1.29 is 42.1 Å². The van der Waals surface area contributed by atoms with E-state index in [-0.39, 0.29) is 28.3 Å². The lowest BCUT2D eigenvalue weighted by Crippen LogP contribution is -2.32. The molecule has 23 heteroatoms. The normalized spacial score (nSPS) is 27.6. The van der Waals surface area contributed by atoms with Gasteiger partial charge in [0, 0.05) is 0 Å². The first kappa shape index (κ1) is 28.3. The number of aromatic nitrogens is 9. The van der Waals surface area contributed by atoms with E-state index in [1.54, 1.807) is 0 Å². The van der Waals surface area contributed by atoms with Gasteiger partial charge in [0.1, 0.15) is 18.3 Å². The summed E-state index contributed by atoms with van der Waals surface area (Å²) in [5, 5.41) is 27.2. The number of imidazole rings is 1. The van der Waals surface area contributed by atoms with E-state index in [4.69, 9.17) is 24.3 Å². The molecule has 1 unspecified atom stereocenters. The number of H-pyrrole nitrogens is 2. The molecule has 4 aromatic heterocycles. The van der Waals surface area contributed by atoms with Crippen molar-refractivity contribution in [3.8, 4) is 0 Å². The summed E-state index contributed by atoms with van der Waals surface area (Å²) in [5.74, 6) is -2.15. The monoisotopic (exact) mass is 632 g/mol. The molecule has 0 radical (unpaired) electrons. The Morgan fingerprint density at radius 2 is 2.00 bits per heavy atom. The average Bonchev–Trinajstić information content (AvgIpc) is 3.69. The number of aliphatic hydroxyl groups excluding tert-OH is 2. The molecule has 6 heterocycles. The second-order valence-electron chi connectivity index (χ2n) is 8.96. The Labute approximate surface area is 235 Å². The zero-order valence-corrected chi connectivity index (χ0v) is 22.4. The van der Waals surface area contributed by atoms with Crippen molar-refractivity contribution >= 4 is 53.2 Å². The van der Waals surface area contributed by atoms with Crippen LogP contribution in [0.5, 0.6) is 0 Å². The maximum absolute atomic E-state index is 15.3. The third-order valence-electron chi connectivity index (χ3n) is 6.34. The molecule has 0 saturated carbocycles. The number of thiol groups is 1. The maximum Gasteiger partial charge on any atom is 0.386 e. The van der Waals surface area contributed by atoms with Crippen LogP contribution in [0.3, 0.4) is 0 Å². The van der Waals surface area contributed by atoms with Gasteiger partial charge < -0.3 is 30.4 Å². The van der Waals surface area contributed by atoms with E-state index in [1.165, 1.54) is 0 Å². The summed E-state index contributed by atoms with van der Waals surface area (Å²) in [4.78, 5) is 40.3. The number of ether oxygens (including phenoxy) is 2. The largest absolute Gasteiger partial charge is 0.467 e. The minimum absolute atomic E-state index is 0.121. The van der Waals surface area contributed by atoms with Gasteiger partial charge in [-0.2, -0.15) is 9.67 Å². The van der Waals surface area contributed by atoms with Gasteiger partial charge in [0.2, 0.25) is 5.95 Å². The maximum atomic E-state index is 15.3. The Hall–Kier alpha value is -3.79. The molecule has 0 aromatic carbocycles. The standard InChI is InChI=1S/C19H19F2N10O9PS/c20-7-5(1-32)38-18(30-4-25-9-14(30)26-19(22)27-16(9)35)12(7)40-41(36,42)37-2-6-11(33)8(21)17(39-6)31-13-10(28-29-31)15(34)24-3-23-13/h3-7,11-12,18,32-33H,1-2H2,(H,36,42)(H,23,24,34)(H3,22,26,27,35)/t5-,6-,7+,11-,12-,18-,41?/m1/s1. The molecule has 0 spiro atoms. The van der Waals surface area contributed by atoms with Gasteiger partial charge in [-0.05, 0) is 0 Å². The van der Waals surface area contributed by atoms with Crippen molar-refractivity contribution in [3.05, 3.63) is 39.2 Å². The number of nitrogens with one attached hydrogen (secondary N) is 2. The predicted octanol–water partition coefficient (Wildman–Crippen LogP) is -1.25. The molecule has 2 aliphatic heterocycles. The quantitative estimate of drug-likeness (QED) is 0.0980. The van der Waals surface area contributed by atoms with E-state index < -0.39 is 79.7 Å². The van der Waals surface area contributed by atoms with Crippen LogP contribution in [0.4, 0.5) is 14.7 Å². The SMILES string of the molecule is Nc1nc2c(ncn2[C@@H]2O[C@H](CO)[C@H](F)[C@H]2OP(=O)(S)OC[C@H]2OC(n3nnc4c(=O)[nH]cnc43)=C(F)[C@@H]2O)c(=O)[nH]1. The highest BCUT2D eigenvalue weighted by molar-refractivity contribution is 8.44. The zero-order chi connectivity index (χ0) is 29.9. The first-order valence-corrected chi connectivity index (χ1v) is 14.5. The number of rotatable bonds is 8. The highest BCUT2D eigenvalue weighted by Gasteiger charge is 2.50. The highest BCUT2D eigenvalue weighted by atomic mass is 32.7. The van der Waals surface area contributed by atoms with Gasteiger partial charge in [-0.15, -0.1) is 5.10 Å². The third-order valence-corrected chi connectivity index (χ3v) is 7.96. The lowest BCUT2D eigenvalue weighted by Gasteiger charge is -2.25. The van der Waals surface area contributed by atoms with Gasteiger partial charge in [0.15, 0.2) is 46.7 Å². The number of halogens is 2. The predicted molar refractivity (Wildman–Crippen MR) is 137 cm³/mol. The molecule has 19 nitrogen and oxygen atoms in total. The number of aromatic amines is 2. The third kappa shape index (κ3) is 4.75. The van der Waals surface area contributed by atoms with Crippen LogP contribution in [0.2, 0.25) is 0 Å². The Kier molecular flexibility index (Phi) is 7.07. The first-order valence-electron chi connectivity index (χ1n) is 11.8. The Morgan fingerprint density at radius 3 is 2.76 bits per heavy atom. The molecule has 1 saturated heterocycles. The van der Waals surface area contributed by atoms with Gasteiger partial charge in [0.25, 0.3) is 17.0 Å². The number of hydrogen-bond acceptors (Lipinski definition) is 15. The molecule has 2 aliphatic rings. The van der Waals surface area contributed by atoms with Crippen molar-refractivity contribution in [2.75, 3.05) is 18.9 Å². The zero-order valence-electron chi connectivity index (χ0n) is 20.6. The number of nitrogen functional groups attached to an aromatic ring is 1. The summed E-state index contributed by atoms with van der Waals surface area (Å²) in [6.45, 7) is -6.13. The molecular formula is C19H19F2N10O9PS. The van der Waals surface area contributed by atoms with Gasteiger partial charge in [-0.3, -0.25) is 28.2 Å². The molecule has 6 rings (SSSR count). The summed E-state index contributed by atoms with van der Waals surface area (Å²) >= 11 is 3.86. The van der Waals surface area contributed by atoms with Crippen LogP contribution < -0.4 is 16.9 Å². The molecule has 7 atom stereocenters. The molecule has 0 amide bonds. The minimum atomic E-state index is -4.54. The van der Waals surface area contributed by atoms with Crippen molar-refractivity contribution in [3.63, 3.8) is 0 Å². The number of aliphatic hydroxyl groups is 2. The van der Waals surface area contributed by atoms with Crippen molar-refractivity contribution in [1.82, 2.24) is 44.5 Å². The Bertz CT molecular complexity index is 1880. The van der Waals surface area contributed by atoms with Crippen molar-refractivity contribution in [2.24, 2.45) is 0 Å². The van der Waals surface area contributed by atoms with Gasteiger partial charge in [-0.1, -0.05) is 17.5 Å². The van der Waals surface area contributed by atoms with E-state index in [0.29, 0.717) is 0 Å². The van der Waals surface area contributed by atoms with Crippen LogP contribution in [-0.2, 0) is 23.1 Å². The number of nitrogens with zero attached hydrogens (tertiary/aromatic N) is 7. The van der Waals surface area contributed by atoms with Crippen molar-refractivity contribution in [1.29, 1.82) is 0 Å². The highest BCUT2D eigenvalue weighted by Crippen LogP contribution is 2.57. The van der Waals surface area contributed by atoms with Gasteiger partial charge >= 0.3 is 6.80 Å². The summed E-state index contributed by atoms with van der Waals surface area (Å²) in [5.41, 5.74) is 3.56. The van der Waals surface area contributed by atoms with Crippen molar-refractivity contribution in [2.45, 2.75) is 36.8 Å². The summed E-state index contributed by atoms with van der Waals surface area (Å²) < 4.78 is 66.6. The fourth-order valence-electron chi connectivity index (χ4n) is 4.39. The number of nitrogens with two attached hydrogens (primary N) is 1. The van der Waals surface area contributed by atoms with E-state index >= 15 is 4.39 Å². The Morgan fingerprint density at radius 1 is 1.21 bits per heavy atom. The fourth-order valence-corrected chi connectivity index (χ4v) is 5.84. The van der Waals surface area contributed by atoms with Crippen LogP contribution in [-0.4, -0.2) is 98.5 Å². The van der Waals surface area contributed by atoms with E-state index in [1.807, 2.05) is 0 Å². The second kappa shape index (κ2) is 10.5. The topological polar surface area (TPSA) is 260 Å². The molecule has 6 N–H and O–H groups in total. The Balaban J connectivity index is 1.19. The number of alkyl halides is 1. The fraction of sp³-hybridized carbons (Fsp3) is 0.421. The minimum Gasteiger partial charge on any atom is -0.467 e. The van der Waals surface area contributed by atoms with Crippen LogP contribution in [0, 0.1) is 0 Å². The molecule has 224 valence electrons. The molecule has 4 aromatic rings. The van der Waals surface area contributed by atoms with Gasteiger partial charge in [0.05, 0.1) is 25.9 Å².